The van der Waals surface area contributed by atoms with E-state index >= 15 is 0 Å². The first-order chi connectivity index (χ1) is 12.7. The number of hydrogen-bond acceptors (Lipinski definition) is 5. The predicted octanol–water partition coefficient (Wildman–Crippen LogP) is 3.31. The van der Waals surface area contributed by atoms with Gasteiger partial charge in [0.2, 0.25) is 5.78 Å². The average molecular weight is 385 g/mol. The molecule has 0 saturated carbocycles. The molecule has 0 fully saturated rings. The lowest BCUT2D eigenvalue weighted by Gasteiger charge is -2.14. The Hall–Kier alpha value is -2.93. The fourth-order valence-corrected chi connectivity index (χ4v) is 3.91. The summed E-state index contributed by atoms with van der Waals surface area (Å²) >= 11 is 0. The molecule has 3 aromatic rings. The highest BCUT2D eigenvalue weighted by Gasteiger charge is 2.27. The minimum atomic E-state index is -3.60. The van der Waals surface area contributed by atoms with Crippen molar-refractivity contribution in [1.82, 2.24) is 4.98 Å². The fourth-order valence-electron chi connectivity index (χ4n) is 3.03. The molecule has 140 valence electrons. The lowest BCUT2D eigenvalue weighted by molar-refractivity contribution is 0.0315. The van der Waals surface area contributed by atoms with Gasteiger partial charge >= 0.3 is 5.97 Å². The van der Waals surface area contributed by atoms with Gasteiger partial charge in [0, 0.05) is 28.4 Å². The maximum Gasteiger partial charge on any atom is 0.340 e. The average Bonchev–Trinajstić information content (AvgIpc) is 2.95. The topological polar surface area (TPSA) is 93.3 Å². The molecule has 0 amide bonds. The molecule has 0 radical (unpaired) electrons. The third kappa shape index (κ3) is 3.64. The molecule has 0 aliphatic rings. The molecule has 1 aromatic heterocycles. The number of Topliss-reactive ketones (excluding diaryl/α,β-unsaturated/α-hetero) is 1. The number of hydrogen-bond donors (Lipinski definition) is 1. The summed E-state index contributed by atoms with van der Waals surface area (Å²) in [5.74, 6) is -1.20. The van der Waals surface area contributed by atoms with Crippen LogP contribution < -0.4 is 0 Å². The van der Waals surface area contributed by atoms with E-state index in [1.54, 1.807) is 13.0 Å². The van der Waals surface area contributed by atoms with E-state index in [4.69, 9.17) is 4.74 Å². The zero-order valence-electron chi connectivity index (χ0n) is 15.1. The van der Waals surface area contributed by atoms with E-state index in [0.29, 0.717) is 11.3 Å². The summed E-state index contributed by atoms with van der Waals surface area (Å²) in [5, 5.41) is 0.749. The molecule has 0 spiro atoms. The zero-order valence-corrected chi connectivity index (χ0v) is 16.0. The number of fused-ring (bicyclic) bond motifs is 1. The second kappa shape index (κ2) is 7.00. The third-order valence-electron chi connectivity index (χ3n) is 4.30. The van der Waals surface area contributed by atoms with Crippen LogP contribution >= 0.6 is 0 Å². The van der Waals surface area contributed by atoms with Crippen molar-refractivity contribution in [3.05, 3.63) is 65.4 Å². The molecule has 0 saturated heterocycles. The molecular formula is C20H19NO5S. The van der Waals surface area contributed by atoms with Gasteiger partial charge in [0.05, 0.1) is 10.5 Å². The van der Waals surface area contributed by atoms with E-state index in [9.17, 15) is 18.0 Å². The molecule has 0 aliphatic heterocycles. The SMILES string of the molecule is Cc1[nH]c2ccccc2c1C(=O)C(C)OC(=O)c1ccccc1S(C)(=O)=O. The van der Waals surface area contributed by atoms with Crippen LogP contribution in [-0.4, -0.2) is 37.5 Å². The van der Waals surface area contributed by atoms with Crippen molar-refractivity contribution in [2.24, 2.45) is 0 Å². The molecule has 1 N–H and O–H groups in total. The van der Waals surface area contributed by atoms with Crippen molar-refractivity contribution in [2.75, 3.05) is 6.26 Å². The largest absolute Gasteiger partial charge is 0.451 e. The number of sulfone groups is 1. The zero-order chi connectivity index (χ0) is 19.8. The summed E-state index contributed by atoms with van der Waals surface area (Å²) < 4.78 is 29.0. The van der Waals surface area contributed by atoms with Crippen LogP contribution in [0, 0.1) is 6.92 Å². The fraction of sp³-hybridized carbons (Fsp3) is 0.200. The van der Waals surface area contributed by atoms with Crippen molar-refractivity contribution < 1.29 is 22.7 Å². The van der Waals surface area contributed by atoms with Crippen LogP contribution in [0.2, 0.25) is 0 Å². The number of aromatic amines is 1. The second-order valence-corrected chi connectivity index (χ2v) is 8.33. The molecule has 7 heteroatoms. The summed E-state index contributed by atoms with van der Waals surface area (Å²) in [4.78, 5) is 28.4. The molecule has 27 heavy (non-hydrogen) atoms. The smallest absolute Gasteiger partial charge is 0.340 e. The Bertz CT molecular complexity index is 1140. The summed E-state index contributed by atoms with van der Waals surface area (Å²) in [6.45, 7) is 3.26. The van der Waals surface area contributed by atoms with Crippen LogP contribution in [-0.2, 0) is 14.6 Å². The number of esters is 1. The number of carbonyl (C=O) groups excluding carboxylic acids is 2. The molecular weight excluding hydrogens is 366 g/mol. The van der Waals surface area contributed by atoms with E-state index in [1.165, 1.54) is 25.1 Å². The first-order valence-electron chi connectivity index (χ1n) is 8.31. The molecule has 2 aromatic carbocycles. The summed E-state index contributed by atoms with van der Waals surface area (Å²) in [6.07, 6.45) is -0.0498. The molecule has 6 nitrogen and oxygen atoms in total. The normalized spacial score (nSPS) is 12.7. The first kappa shape index (κ1) is 18.8. The van der Waals surface area contributed by atoms with Crippen LogP contribution in [0.4, 0.5) is 0 Å². The Morgan fingerprint density at radius 1 is 1.04 bits per heavy atom. The Morgan fingerprint density at radius 3 is 2.37 bits per heavy atom. The van der Waals surface area contributed by atoms with Crippen LogP contribution in [0.15, 0.2) is 53.4 Å². The van der Waals surface area contributed by atoms with Crippen molar-refractivity contribution in [1.29, 1.82) is 0 Å². The number of ether oxygens (including phenoxy) is 1. The van der Waals surface area contributed by atoms with Crippen molar-refractivity contribution in [3.8, 4) is 0 Å². The minimum absolute atomic E-state index is 0.0877. The van der Waals surface area contributed by atoms with Gasteiger partial charge < -0.3 is 9.72 Å². The molecule has 1 atom stereocenters. The number of benzene rings is 2. The summed E-state index contributed by atoms with van der Waals surface area (Å²) in [6, 6.07) is 13.1. The number of carbonyl (C=O) groups is 2. The Kier molecular flexibility index (Phi) is 4.89. The third-order valence-corrected chi connectivity index (χ3v) is 5.45. The highest BCUT2D eigenvalue weighted by atomic mass is 32.2. The van der Waals surface area contributed by atoms with Gasteiger partial charge in [0.25, 0.3) is 0 Å². The van der Waals surface area contributed by atoms with E-state index in [-0.39, 0.29) is 16.2 Å². The van der Waals surface area contributed by atoms with Crippen molar-refractivity contribution in [2.45, 2.75) is 24.8 Å². The van der Waals surface area contributed by atoms with Gasteiger partial charge in [-0.25, -0.2) is 13.2 Å². The van der Waals surface area contributed by atoms with E-state index in [1.807, 2.05) is 24.3 Å². The lowest BCUT2D eigenvalue weighted by Crippen LogP contribution is -2.25. The minimum Gasteiger partial charge on any atom is -0.451 e. The number of H-pyrrole nitrogens is 1. The number of aryl methyl sites for hydroxylation is 1. The molecule has 1 unspecified atom stereocenters. The maximum absolute atomic E-state index is 12.9. The standard InChI is InChI=1S/C20H19NO5S/c1-12-18(14-8-4-6-10-16(14)21-12)19(22)13(2)26-20(23)15-9-5-7-11-17(15)27(3,24)25/h4-11,13,21H,1-3H3. The summed E-state index contributed by atoms with van der Waals surface area (Å²) in [5.41, 5.74) is 1.87. The number of rotatable bonds is 5. The number of nitrogens with one attached hydrogen (secondary N) is 1. The Labute approximate surface area is 157 Å². The first-order valence-corrected chi connectivity index (χ1v) is 10.2. The maximum atomic E-state index is 12.9. The van der Waals surface area contributed by atoms with Gasteiger partial charge in [-0.3, -0.25) is 4.79 Å². The van der Waals surface area contributed by atoms with Gasteiger partial charge in [-0.05, 0) is 32.0 Å². The van der Waals surface area contributed by atoms with Crippen LogP contribution in [0.5, 0.6) is 0 Å². The van der Waals surface area contributed by atoms with Crippen molar-refractivity contribution in [3.63, 3.8) is 0 Å². The Morgan fingerprint density at radius 2 is 1.67 bits per heavy atom. The molecule has 1 heterocycles. The van der Waals surface area contributed by atoms with E-state index in [0.717, 1.165) is 17.2 Å². The predicted molar refractivity (Wildman–Crippen MR) is 102 cm³/mol. The number of para-hydroxylation sites is 1. The van der Waals surface area contributed by atoms with Gasteiger partial charge in [-0.1, -0.05) is 30.3 Å². The van der Waals surface area contributed by atoms with Gasteiger partial charge in [-0.15, -0.1) is 0 Å². The highest BCUT2D eigenvalue weighted by molar-refractivity contribution is 7.90. The second-order valence-electron chi connectivity index (χ2n) is 6.35. The summed E-state index contributed by atoms with van der Waals surface area (Å²) in [7, 11) is -3.60. The number of ketones is 1. The van der Waals surface area contributed by atoms with Gasteiger partial charge in [0.15, 0.2) is 15.9 Å². The molecule has 0 aliphatic carbocycles. The Balaban J connectivity index is 1.90. The van der Waals surface area contributed by atoms with Crippen molar-refractivity contribution >= 4 is 32.5 Å². The number of aromatic nitrogens is 1. The highest BCUT2D eigenvalue weighted by Crippen LogP contribution is 2.24. The lowest BCUT2D eigenvalue weighted by atomic mass is 10.0. The van der Waals surface area contributed by atoms with Gasteiger partial charge in [0.1, 0.15) is 0 Å². The van der Waals surface area contributed by atoms with E-state index in [2.05, 4.69) is 4.98 Å². The molecule has 0 bridgehead atoms. The van der Waals surface area contributed by atoms with Crippen LogP contribution in [0.25, 0.3) is 10.9 Å². The van der Waals surface area contributed by atoms with Crippen LogP contribution in [0.3, 0.4) is 0 Å². The molecule has 3 rings (SSSR count). The quantitative estimate of drug-likeness (QED) is 0.537. The van der Waals surface area contributed by atoms with Gasteiger partial charge in [-0.2, -0.15) is 0 Å². The monoisotopic (exact) mass is 385 g/mol. The van der Waals surface area contributed by atoms with Crippen LogP contribution in [0.1, 0.15) is 33.3 Å². The van der Waals surface area contributed by atoms with E-state index < -0.39 is 21.9 Å².